The monoisotopic (exact) mass is 191 g/mol. The van der Waals surface area contributed by atoms with Gasteiger partial charge in [0.25, 0.3) is 0 Å². The van der Waals surface area contributed by atoms with Gasteiger partial charge >= 0.3 is 0 Å². The van der Waals surface area contributed by atoms with Crippen molar-refractivity contribution < 1.29 is 5.11 Å². The fraction of sp³-hybridized carbons (Fsp3) is 0.500. The molecule has 1 aliphatic heterocycles. The minimum Gasteiger partial charge on any atom is -0.508 e. The SMILES string of the molecule is CC(C)(C)C1(c2ccccc2O)CN1. The van der Waals surface area contributed by atoms with Crippen LogP contribution in [0.25, 0.3) is 0 Å². The van der Waals surface area contributed by atoms with E-state index in [4.69, 9.17) is 0 Å². The van der Waals surface area contributed by atoms with Gasteiger partial charge in [0.05, 0.1) is 5.54 Å². The maximum Gasteiger partial charge on any atom is 0.120 e. The number of phenolic OH excluding ortho intramolecular Hbond substituents is 1. The van der Waals surface area contributed by atoms with Crippen LogP contribution in [0, 0.1) is 5.41 Å². The summed E-state index contributed by atoms with van der Waals surface area (Å²) in [5.74, 6) is 0.396. The molecule has 1 fully saturated rings. The molecule has 2 rings (SSSR count). The van der Waals surface area contributed by atoms with E-state index in [1.807, 2.05) is 18.2 Å². The van der Waals surface area contributed by atoms with Crippen molar-refractivity contribution in [2.45, 2.75) is 26.3 Å². The normalized spacial score (nSPS) is 26.2. The Hall–Kier alpha value is -1.02. The summed E-state index contributed by atoms with van der Waals surface area (Å²) in [5, 5.41) is 13.2. The topological polar surface area (TPSA) is 42.2 Å². The molecule has 0 radical (unpaired) electrons. The highest BCUT2D eigenvalue weighted by atomic mass is 16.3. The van der Waals surface area contributed by atoms with Crippen LogP contribution in [0.2, 0.25) is 0 Å². The van der Waals surface area contributed by atoms with Crippen molar-refractivity contribution in [3.05, 3.63) is 29.8 Å². The number of nitrogens with one attached hydrogen (secondary N) is 1. The van der Waals surface area contributed by atoms with E-state index in [0.29, 0.717) is 5.75 Å². The van der Waals surface area contributed by atoms with Gasteiger partial charge in [-0.1, -0.05) is 39.0 Å². The fourth-order valence-electron chi connectivity index (χ4n) is 2.05. The number of hydrogen-bond donors (Lipinski definition) is 2. The smallest absolute Gasteiger partial charge is 0.120 e. The zero-order chi connectivity index (χ0) is 10.4. The molecule has 0 spiro atoms. The lowest BCUT2D eigenvalue weighted by Gasteiger charge is -2.30. The molecule has 1 aliphatic rings. The molecular formula is C12H17NO. The molecule has 1 aromatic carbocycles. The van der Waals surface area contributed by atoms with Crippen LogP contribution in [0.4, 0.5) is 0 Å². The van der Waals surface area contributed by atoms with Crippen LogP contribution in [-0.4, -0.2) is 11.7 Å². The second-order valence-electron chi connectivity index (χ2n) is 5.03. The molecule has 0 amide bonds. The van der Waals surface area contributed by atoms with E-state index in [-0.39, 0.29) is 11.0 Å². The lowest BCUT2D eigenvalue weighted by Crippen LogP contribution is -2.30. The standard InChI is InChI=1S/C12H17NO/c1-11(2,3)12(8-13-12)9-6-4-5-7-10(9)14/h4-7,13-14H,8H2,1-3H3. The first-order valence-electron chi connectivity index (χ1n) is 5.01. The summed E-state index contributed by atoms with van der Waals surface area (Å²) >= 11 is 0. The van der Waals surface area contributed by atoms with Crippen molar-refractivity contribution in [1.29, 1.82) is 0 Å². The minimum absolute atomic E-state index is 0.0294. The summed E-state index contributed by atoms with van der Waals surface area (Å²) in [4.78, 5) is 0. The minimum atomic E-state index is -0.0294. The van der Waals surface area contributed by atoms with E-state index in [1.165, 1.54) is 0 Å². The first-order chi connectivity index (χ1) is 6.47. The molecule has 1 aromatic rings. The predicted molar refractivity (Wildman–Crippen MR) is 57.2 cm³/mol. The number of rotatable bonds is 1. The third kappa shape index (κ3) is 1.22. The second-order valence-corrected chi connectivity index (χ2v) is 5.03. The van der Waals surface area contributed by atoms with Gasteiger partial charge in [-0.15, -0.1) is 0 Å². The highest BCUT2D eigenvalue weighted by Gasteiger charge is 2.54. The van der Waals surface area contributed by atoms with Crippen LogP contribution in [0.15, 0.2) is 24.3 Å². The number of aromatic hydroxyl groups is 1. The Labute approximate surface area is 85.0 Å². The van der Waals surface area contributed by atoms with Gasteiger partial charge in [-0.3, -0.25) is 0 Å². The van der Waals surface area contributed by atoms with Gasteiger partial charge in [-0.2, -0.15) is 0 Å². The van der Waals surface area contributed by atoms with Crippen molar-refractivity contribution in [1.82, 2.24) is 5.32 Å². The Morgan fingerprint density at radius 3 is 2.29 bits per heavy atom. The lowest BCUT2D eigenvalue weighted by molar-refractivity contribution is 0.285. The predicted octanol–water partition coefficient (Wildman–Crippen LogP) is 2.24. The van der Waals surface area contributed by atoms with Gasteiger partial charge in [-0.25, -0.2) is 0 Å². The lowest BCUT2D eigenvalue weighted by atomic mass is 9.75. The quantitative estimate of drug-likeness (QED) is 0.668. The largest absolute Gasteiger partial charge is 0.508 e. The average Bonchev–Trinajstić information content (AvgIpc) is 2.84. The van der Waals surface area contributed by atoms with Crippen LogP contribution in [0.5, 0.6) is 5.75 Å². The fourth-order valence-corrected chi connectivity index (χ4v) is 2.05. The molecule has 1 heterocycles. The van der Waals surface area contributed by atoms with Crippen molar-refractivity contribution in [3.63, 3.8) is 0 Å². The van der Waals surface area contributed by atoms with Crippen molar-refractivity contribution >= 4 is 0 Å². The van der Waals surface area contributed by atoms with E-state index < -0.39 is 0 Å². The number of benzene rings is 1. The Kier molecular flexibility index (Phi) is 1.86. The van der Waals surface area contributed by atoms with Gasteiger partial charge in [0.1, 0.15) is 5.75 Å². The molecule has 2 N–H and O–H groups in total. The summed E-state index contributed by atoms with van der Waals surface area (Å²) in [6, 6.07) is 7.59. The molecule has 0 aliphatic carbocycles. The number of para-hydroxylation sites is 1. The maximum absolute atomic E-state index is 9.81. The highest BCUT2D eigenvalue weighted by molar-refractivity contribution is 5.43. The Balaban J connectivity index is 2.46. The first-order valence-corrected chi connectivity index (χ1v) is 5.01. The summed E-state index contributed by atoms with van der Waals surface area (Å²) < 4.78 is 0. The molecule has 1 atom stereocenters. The third-order valence-corrected chi connectivity index (χ3v) is 3.17. The second kappa shape index (κ2) is 2.74. The van der Waals surface area contributed by atoms with Crippen molar-refractivity contribution in [2.75, 3.05) is 6.54 Å². The van der Waals surface area contributed by atoms with E-state index >= 15 is 0 Å². The van der Waals surface area contributed by atoms with E-state index in [2.05, 4.69) is 26.1 Å². The summed E-state index contributed by atoms with van der Waals surface area (Å²) in [6.45, 7) is 7.53. The van der Waals surface area contributed by atoms with Crippen molar-refractivity contribution in [3.8, 4) is 5.75 Å². The number of hydrogen-bond acceptors (Lipinski definition) is 2. The number of phenols is 1. The molecule has 14 heavy (non-hydrogen) atoms. The van der Waals surface area contributed by atoms with E-state index in [9.17, 15) is 5.11 Å². The Morgan fingerprint density at radius 1 is 1.29 bits per heavy atom. The molecule has 76 valence electrons. The molecule has 2 nitrogen and oxygen atoms in total. The van der Waals surface area contributed by atoms with E-state index in [0.717, 1.165) is 12.1 Å². The molecular weight excluding hydrogens is 174 g/mol. The van der Waals surface area contributed by atoms with Crippen LogP contribution < -0.4 is 5.32 Å². The highest BCUT2D eigenvalue weighted by Crippen LogP contribution is 2.48. The van der Waals surface area contributed by atoms with Gasteiger partial charge < -0.3 is 10.4 Å². The van der Waals surface area contributed by atoms with Gasteiger partial charge in [-0.05, 0) is 11.5 Å². The summed E-state index contributed by atoms with van der Waals surface area (Å²) in [6.07, 6.45) is 0. The van der Waals surface area contributed by atoms with Gasteiger partial charge in [0.2, 0.25) is 0 Å². The van der Waals surface area contributed by atoms with Crippen LogP contribution in [-0.2, 0) is 5.54 Å². The first kappa shape index (κ1) is 9.53. The van der Waals surface area contributed by atoms with Crippen molar-refractivity contribution in [2.24, 2.45) is 5.41 Å². The van der Waals surface area contributed by atoms with Crippen LogP contribution in [0.1, 0.15) is 26.3 Å². The van der Waals surface area contributed by atoms with Crippen LogP contribution in [0.3, 0.4) is 0 Å². The molecule has 0 bridgehead atoms. The Morgan fingerprint density at radius 2 is 1.86 bits per heavy atom. The molecule has 1 saturated heterocycles. The maximum atomic E-state index is 9.81. The molecule has 0 saturated carbocycles. The van der Waals surface area contributed by atoms with Gasteiger partial charge in [0, 0.05) is 12.1 Å². The summed E-state index contributed by atoms with van der Waals surface area (Å²) in [5.41, 5.74) is 1.12. The molecule has 2 heteroatoms. The van der Waals surface area contributed by atoms with Crippen LogP contribution >= 0.6 is 0 Å². The zero-order valence-corrected chi connectivity index (χ0v) is 8.96. The zero-order valence-electron chi connectivity index (χ0n) is 8.96. The Bertz CT molecular complexity index is 348. The molecule has 0 aromatic heterocycles. The third-order valence-electron chi connectivity index (χ3n) is 3.17. The van der Waals surface area contributed by atoms with Gasteiger partial charge in [0.15, 0.2) is 0 Å². The molecule has 1 unspecified atom stereocenters. The average molecular weight is 191 g/mol. The van der Waals surface area contributed by atoms with E-state index in [1.54, 1.807) is 6.07 Å². The summed E-state index contributed by atoms with van der Waals surface area (Å²) in [7, 11) is 0.